The van der Waals surface area contributed by atoms with Crippen molar-refractivity contribution < 1.29 is 27.1 Å². The number of sulfonamides is 1. The zero-order valence-electron chi connectivity index (χ0n) is 15.9. The number of carbonyl (C=O) groups is 2. The van der Waals surface area contributed by atoms with E-state index in [-0.39, 0.29) is 16.0 Å². The van der Waals surface area contributed by atoms with Gasteiger partial charge in [0, 0.05) is 18.7 Å². The van der Waals surface area contributed by atoms with Crippen LogP contribution in [0.15, 0.2) is 53.4 Å². The van der Waals surface area contributed by atoms with Crippen molar-refractivity contribution in [1.82, 2.24) is 4.31 Å². The number of carbonyl (C=O) groups excluding carboxylic acids is 2. The molecule has 2 aromatic carbocycles. The number of Topliss-reactive ketones (excluding diaryl/α,β-unsaturated/α-hetero) is 1. The van der Waals surface area contributed by atoms with Crippen LogP contribution in [0.25, 0.3) is 0 Å². The fourth-order valence-corrected chi connectivity index (χ4v) is 4.13. The maximum Gasteiger partial charge on any atom is 0.338 e. The van der Waals surface area contributed by atoms with Crippen molar-refractivity contribution in [2.24, 2.45) is 0 Å². The average molecular weight is 407 g/mol. The predicted octanol–water partition coefficient (Wildman–Crippen LogP) is 3.28. The molecule has 0 aliphatic rings. The van der Waals surface area contributed by atoms with Gasteiger partial charge in [0.1, 0.15) is 5.82 Å². The van der Waals surface area contributed by atoms with Gasteiger partial charge in [-0.1, -0.05) is 19.9 Å². The molecule has 0 amide bonds. The van der Waals surface area contributed by atoms with E-state index in [0.717, 1.165) is 12.1 Å². The SMILES string of the molecule is CCN(CC)S(=O)(=O)c1cccc(C(=O)O[C@@H](C)C(=O)c2ccc(F)cc2)c1. The number of halogens is 1. The highest BCUT2D eigenvalue weighted by Gasteiger charge is 2.24. The van der Waals surface area contributed by atoms with E-state index in [2.05, 4.69) is 0 Å². The summed E-state index contributed by atoms with van der Waals surface area (Å²) in [5, 5.41) is 0. The molecule has 0 N–H and O–H groups in total. The number of ether oxygens (including phenoxy) is 1. The molecule has 0 aromatic heterocycles. The topological polar surface area (TPSA) is 80.8 Å². The number of esters is 1. The molecule has 0 aliphatic heterocycles. The van der Waals surface area contributed by atoms with Gasteiger partial charge in [-0.15, -0.1) is 0 Å². The molecule has 2 rings (SSSR count). The molecule has 8 heteroatoms. The molecule has 150 valence electrons. The minimum atomic E-state index is -3.73. The van der Waals surface area contributed by atoms with Crippen LogP contribution in [0.2, 0.25) is 0 Å². The predicted molar refractivity (Wildman–Crippen MR) is 102 cm³/mol. The number of hydrogen-bond acceptors (Lipinski definition) is 5. The molecule has 0 radical (unpaired) electrons. The molecule has 2 aromatic rings. The first-order valence-electron chi connectivity index (χ1n) is 8.81. The summed E-state index contributed by atoms with van der Waals surface area (Å²) in [6.45, 7) is 5.46. The second-order valence-electron chi connectivity index (χ2n) is 6.04. The lowest BCUT2D eigenvalue weighted by molar-refractivity contribution is 0.0318. The maximum atomic E-state index is 13.0. The van der Waals surface area contributed by atoms with Gasteiger partial charge in [0.05, 0.1) is 10.5 Å². The van der Waals surface area contributed by atoms with Crippen LogP contribution in [0.3, 0.4) is 0 Å². The Labute approximate surface area is 164 Å². The highest BCUT2D eigenvalue weighted by molar-refractivity contribution is 7.89. The summed E-state index contributed by atoms with van der Waals surface area (Å²) in [5.74, 6) is -1.78. The maximum absolute atomic E-state index is 13.0. The lowest BCUT2D eigenvalue weighted by Crippen LogP contribution is -2.30. The van der Waals surface area contributed by atoms with Crippen LogP contribution in [0.4, 0.5) is 4.39 Å². The zero-order valence-corrected chi connectivity index (χ0v) is 16.7. The Bertz CT molecular complexity index is 953. The lowest BCUT2D eigenvalue weighted by Gasteiger charge is -2.19. The molecule has 0 saturated heterocycles. The van der Waals surface area contributed by atoms with E-state index < -0.39 is 33.7 Å². The molecular formula is C20H22FNO5S. The number of hydrogen-bond donors (Lipinski definition) is 0. The van der Waals surface area contributed by atoms with Gasteiger partial charge in [0.2, 0.25) is 15.8 Å². The van der Waals surface area contributed by atoms with E-state index in [0.29, 0.717) is 13.1 Å². The number of ketones is 1. The lowest BCUT2D eigenvalue weighted by atomic mass is 10.1. The molecular weight excluding hydrogens is 385 g/mol. The van der Waals surface area contributed by atoms with E-state index in [1.54, 1.807) is 13.8 Å². The Hall–Kier alpha value is -2.58. The first-order valence-corrected chi connectivity index (χ1v) is 10.3. The van der Waals surface area contributed by atoms with Crippen LogP contribution in [0, 0.1) is 5.82 Å². The number of rotatable bonds is 8. The van der Waals surface area contributed by atoms with Gasteiger partial charge in [-0.05, 0) is 49.4 Å². The van der Waals surface area contributed by atoms with Crippen molar-refractivity contribution in [2.45, 2.75) is 31.8 Å². The van der Waals surface area contributed by atoms with E-state index in [1.807, 2.05) is 0 Å². The second kappa shape index (κ2) is 9.07. The monoisotopic (exact) mass is 407 g/mol. The van der Waals surface area contributed by atoms with Crippen LogP contribution < -0.4 is 0 Å². The van der Waals surface area contributed by atoms with Gasteiger partial charge >= 0.3 is 5.97 Å². The molecule has 28 heavy (non-hydrogen) atoms. The largest absolute Gasteiger partial charge is 0.451 e. The summed E-state index contributed by atoms with van der Waals surface area (Å²) >= 11 is 0. The van der Waals surface area contributed by atoms with Crippen molar-refractivity contribution in [1.29, 1.82) is 0 Å². The van der Waals surface area contributed by atoms with E-state index in [4.69, 9.17) is 4.74 Å². The quantitative estimate of drug-likeness (QED) is 0.496. The summed E-state index contributed by atoms with van der Waals surface area (Å²) in [7, 11) is -3.73. The zero-order chi connectivity index (χ0) is 20.9. The molecule has 0 saturated carbocycles. The van der Waals surface area contributed by atoms with E-state index in [1.165, 1.54) is 47.6 Å². The van der Waals surface area contributed by atoms with Crippen LogP contribution >= 0.6 is 0 Å². The summed E-state index contributed by atoms with van der Waals surface area (Å²) < 4.78 is 44.6. The summed E-state index contributed by atoms with van der Waals surface area (Å²) in [5.41, 5.74) is 0.228. The molecule has 0 spiro atoms. The molecule has 1 atom stereocenters. The van der Waals surface area contributed by atoms with Gasteiger partial charge in [-0.2, -0.15) is 4.31 Å². The third-order valence-corrected chi connectivity index (χ3v) is 6.24. The van der Waals surface area contributed by atoms with Crippen molar-refractivity contribution in [2.75, 3.05) is 13.1 Å². The smallest absolute Gasteiger partial charge is 0.338 e. The van der Waals surface area contributed by atoms with Crippen LogP contribution in [0.5, 0.6) is 0 Å². The molecule has 6 nitrogen and oxygen atoms in total. The Morgan fingerprint density at radius 3 is 2.21 bits per heavy atom. The van der Waals surface area contributed by atoms with Gasteiger partial charge in [-0.25, -0.2) is 17.6 Å². The number of benzene rings is 2. The van der Waals surface area contributed by atoms with Crippen molar-refractivity contribution in [3.8, 4) is 0 Å². The van der Waals surface area contributed by atoms with Crippen LogP contribution in [0.1, 0.15) is 41.5 Å². The Morgan fingerprint density at radius 1 is 1.04 bits per heavy atom. The Morgan fingerprint density at radius 2 is 1.64 bits per heavy atom. The minimum Gasteiger partial charge on any atom is -0.451 e. The number of nitrogens with zero attached hydrogens (tertiary/aromatic N) is 1. The van der Waals surface area contributed by atoms with E-state index >= 15 is 0 Å². The summed E-state index contributed by atoms with van der Waals surface area (Å²) in [6, 6.07) is 10.4. The van der Waals surface area contributed by atoms with Gasteiger partial charge in [-0.3, -0.25) is 4.79 Å². The fraction of sp³-hybridized carbons (Fsp3) is 0.300. The molecule has 0 aliphatic carbocycles. The molecule has 0 fully saturated rings. The molecule has 0 bridgehead atoms. The third kappa shape index (κ3) is 4.82. The van der Waals surface area contributed by atoms with Crippen molar-refractivity contribution >= 4 is 21.8 Å². The standard InChI is InChI=1S/C20H22FNO5S/c1-4-22(5-2)28(25,26)18-8-6-7-16(13-18)20(24)27-14(3)19(23)15-9-11-17(21)12-10-15/h6-14H,4-5H2,1-3H3/t14-/m0/s1. The second-order valence-corrected chi connectivity index (χ2v) is 7.97. The van der Waals surface area contributed by atoms with Gasteiger partial charge in [0.25, 0.3) is 0 Å². The molecule has 0 unspecified atom stereocenters. The first kappa shape index (κ1) is 21.7. The molecule has 0 heterocycles. The summed E-state index contributed by atoms with van der Waals surface area (Å²) in [6.07, 6.45) is -1.11. The Kier molecular flexibility index (Phi) is 7.04. The average Bonchev–Trinajstić information content (AvgIpc) is 2.68. The van der Waals surface area contributed by atoms with Gasteiger partial charge in [0.15, 0.2) is 6.10 Å². The fourth-order valence-electron chi connectivity index (χ4n) is 2.63. The van der Waals surface area contributed by atoms with Gasteiger partial charge < -0.3 is 4.74 Å². The van der Waals surface area contributed by atoms with E-state index in [9.17, 15) is 22.4 Å². The first-order chi connectivity index (χ1) is 13.2. The minimum absolute atomic E-state index is 0.0204. The van der Waals surface area contributed by atoms with Crippen LogP contribution in [-0.4, -0.2) is 43.7 Å². The van der Waals surface area contributed by atoms with Crippen molar-refractivity contribution in [3.05, 3.63) is 65.5 Å². The summed E-state index contributed by atoms with van der Waals surface area (Å²) in [4.78, 5) is 24.7. The normalized spacial score (nSPS) is 12.6. The highest BCUT2D eigenvalue weighted by atomic mass is 32.2. The Balaban J connectivity index is 2.18. The highest BCUT2D eigenvalue weighted by Crippen LogP contribution is 2.18. The third-order valence-electron chi connectivity index (χ3n) is 4.19. The van der Waals surface area contributed by atoms with Crippen LogP contribution in [-0.2, 0) is 14.8 Å². The van der Waals surface area contributed by atoms with Crippen molar-refractivity contribution in [3.63, 3.8) is 0 Å².